The molecule has 0 radical (unpaired) electrons. The van der Waals surface area contributed by atoms with Crippen molar-refractivity contribution in [2.45, 2.75) is 52.6 Å². The lowest BCUT2D eigenvalue weighted by molar-refractivity contribution is -0.122. The molecule has 6 nitrogen and oxygen atoms in total. The van der Waals surface area contributed by atoms with Crippen molar-refractivity contribution in [1.29, 1.82) is 0 Å². The van der Waals surface area contributed by atoms with E-state index in [0.29, 0.717) is 5.82 Å². The Bertz CT molecular complexity index is 605. The minimum absolute atomic E-state index is 0.0914. The number of aryl methyl sites for hydroxylation is 1. The summed E-state index contributed by atoms with van der Waals surface area (Å²) in [4.78, 5) is 13.2. The van der Waals surface area contributed by atoms with Crippen LogP contribution in [-0.2, 0) is 17.8 Å². The van der Waals surface area contributed by atoms with Crippen LogP contribution in [0, 0.1) is 0 Å². The molecule has 0 fully saturated rings. The zero-order valence-electron chi connectivity index (χ0n) is 13.4. The zero-order valence-corrected chi connectivity index (χ0v) is 13.4. The minimum atomic E-state index is -0.0915. The Kier molecular flexibility index (Phi) is 5.63. The van der Waals surface area contributed by atoms with Crippen LogP contribution in [0.2, 0.25) is 0 Å². The van der Waals surface area contributed by atoms with Gasteiger partial charge < -0.3 is 5.32 Å². The number of hydrogen-bond donors (Lipinski definition) is 1. The predicted octanol–water partition coefficient (Wildman–Crippen LogP) is 2.21. The number of tetrazole rings is 1. The molecular weight excluding hydrogens is 278 g/mol. The van der Waals surface area contributed by atoms with Gasteiger partial charge in [-0.1, -0.05) is 44.5 Å². The van der Waals surface area contributed by atoms with E-state index in [1.54, 1.807) is 0 Å². The quantitative estimate of drug-likeness (QED) is 0.851. The van der Waals surface area contributed by atoms with Gasteiger partial charge in [0.1, 0.15) is 6.54 Å². The van der Waals surface area contributed by atoms with E-state index in [1.807, 2.05) is 19.1 Å². The molecule has 0 bridgehead atoms. The monoisotopic (exact) mass is 301 g/mol. The SMILES string of the molecule is CCC[C@@H](C)NC(=O)Cn1nnc(-c2ccc(CC)cc2)n1. The normalized spacial score (nSPS) is 12.1. The molecule has 0 aliphatic rings. The number of hydrogen-bond acceptors (Lipinski definition) is 4. The number of carbonyl (C=O) groups excluding carboxylic acids is 1. The molecule has 1 aromatic carbocycles. The Morgan fingerprint density at radius 2 is 2.00 bits per heavy atom. The molecule has 1 heterocycles. The number of amides is 1. The molecule has 22 heavy (non-hydrogen) atoms. The van der Waals surface area contributed by atoms with Gasteiger partial charge in [-0.25, -0.2) is 0 Å². The van der Waals surface area contributed by atoms with Crippen molar-refractivity contribution in [2.75, 3.05) is 0 Å². The van der Waals surface area contributed by atoms with Gasteiger partial charge in [-0.2, -0.15) is 4.80 Å². The van der Waals surface area contributed by atoms with E-state index in [0.717, 1.165) is 24.8 Å². The zero-order chi connectivity index (χ0) is 15.9. The first kappa shape index (κ1) is 16.1. The summed E-state index contributed by atoms with van der Waals surface area (Å²) in [6.07, 6.45) is 3.00. The Balaban J connectivity index is 1.97. The van der Waals surface area contributed by atoms with Gasteiger partial charge in [0.05, 0.1) is 0 Å². The maximum absolute atomic E-state index is 11.9. The third-order valence-corrected chi connectivity index (χ3v) is 3.49. The van der Waals surface area contributed by atoms with Crippen LogP contribution in [0.15, 0.2) is 24.3 Å². The second kappa shape index (κ2) is 7.68. The Hall–Kier alpha value is -2.24. The summed E-state index contributed by atoms with van der Waals surface area (Å²) in [6.45, 7) is 6.30. The standard InChI is InChI=1S/C16H23N5O/c1-4-6-12(3)17-15(22)11-21-19-16(18-20-21)14-9-7-13(5-2)8-10-14/h7-10,12H,4-6,11H2,1-3H3,(H,17,22)/t12-/m1/s1. The maximum atomic E-state index is 11.9. The second-order valence-corrected chi connectivity index (χ2v) is 5.45. The van der Waals surface area contributed by atoms with Crippen molar-refractivity contribution < 1.29 is 4.79 Å². The van der Waals surface area contributed by atoms with E-state index in [4.69, 9.17) is 0 Å². The molecule has 0 saturated heterocycles. The molecule has 1 amide bonds. The third-order valence-electron chi connectivity index (χ3n) is 3.49. The Morgan fingerprint density at radius 3 is 2.64 bits per heavy atom. The molecule has 118 valence electrons. The highest BCUT2D eigenvalue weighted by molar-refractivity contribution is 5.75. The summed E-state index contributed by atoms with van der Waals surface area (Å²) in [6, 6.07) is 8.22. The van der Waals surface area contributed by atoms with Crippen molar-refractivity contribution in [2.24, 2.45) is 0 Å². The molecule has 1 N–H and O–H groups in total. The summed E-state index contributed by atoms with van der Waals surface area (Å²) in [7, 11) is 0. The van der Waals surface area contributed by atoms with Crippen LogP contribution >= 0.6 is 0 Å². The number of aromatic nitrogens is 4. The first-order valence-electron chi connectivity index (χ1n) is 7.78. The van der Waals surface area contributed by atoms with Crippen LogP contribution < -0.4 is 5.32 Å². The van der Waals surface area contributed by atoms with Crippen LogP contribution in [0.25, 0.3) is 11.4 Å². The van der Waals surface area contributed by atoms with E-state index in [1.165, 1.54) is 10.4 Å². The Labute approximate surface area is 130 Å². The number of nitrogens with zero attached hydrogens (tertiary/aromatic N) is 4. The lowest BCUT2D eigenvalue weighted by Gasteiger charge is -2.11. The van der Waals surface area contributed by atoms with Gasteiger partial charge in [0, 0.05) is 11.6 Å². The number of nitrogens with one attached hydrogen (secondary N) is 1. The Morgan fingerprint density at radius 1 is 1.27 bits per heavy atom. The predicted molar refractivity (Wildman–Crippen MR) is 85.1 cm³/mol. The fourth-order valence-corrected chi connectivity index (χ4v) is 2.27. The molecule has 0 spiro atoms. The summed E-state index contributed by atoms with van der Waals surface area (Å²) in [5.74, 6) is 0.447. The highest BCUT2D eigenvalue weighted by Gasteiger charge is 2.11. The van der Waals surface area contributed by atoms with Crippen molar-refractivity contribution >= 4 is 5.91 Å². The number of carbonyl (C=O) groups is 1. The van der Waals surface area contributed by atoms with E-state index in [-0.39, 0.29) is 18.5 Å². The average molecular weight is 301 g/mol. The molecule has 2 rings (SSSR count). The highest BCUT2D eigenvalue weighted by atomic mass is 16.2. The van der Waals surface area contributed by atoms with Crippen LogP contribution in [0.4, 0.5) is 0 Å². The fourth-order valence-electron chi connectivity index (χ4n) is 2.27. The third kappa shape index (κ3) is 4.38. The van der Waals surface area contributed by atoms with Crippen molar-refractivity contribution in [3.8, 4) is 11.4 Å². The molecule has 0 saturated carbocycles. The summed E-state index contributed by atoms with van der Waals surface area (Å²) >= 11 is 0. The van der Waals surface area contributed by atoms with Crippen molar-refractivity contribution in [3.05, 3.63) is 29.8 Å². The van der Waals surface area contributed by atoms with Crippen molar-refractivity contribution in [3.63, 3.8) is 0 Å². The minimum Gasteiger partial charge on any atom is -0.352 e. The second-order valence-electron chi connectivity index (χ2n) is 5.45. The molecular formula is C16H23N5O. The van der Waals surface area contributed by atoms with Crippen LogP contribution in [0.3, 0.4) is 0 Å². The van der Waals surface area contributed by atoms with Gasteiger partial charge in [-0.05, 0) is 30.5 Å². The largest absolute Gasteiger partial charge is 0.352 e. The summed E-state index contributed by atoms with van der Waals surface area (Å²) in [5, 5.41) is 15.1. The van der Waals surface area contributed by atoms with Gasteiger partial charge >= 0.3 is 0 Å². The first-order valence-corrected chi connectivity index (χ1v) is 7.78. The number of benzene rings is 1. The summed E-state index contributed by atoms with van der Waals surface area (Å²) < 4.78 is 0. The van der Waals surface area contributed by atoms with E-state index in [2.05, 4.69) is 46.7 Å². The first-order chi connectivity index (χ1) is 10.6. The van der Waals surface area contributed by atoms with Gasteiger partial charge in [0.2, 0.25) is 11.7 Å². The topological polar surface area (TPSA) is 72.7 Å². The van der Waals surface area contributed by atoms with Crippen LogP contribution in [-0.4, -0.2) is 32.2 Å². The lowest BCUT2D eigenvalue weighted by atomic mass is 10.1. The smallest absolute Gasteiger partial charge is 0.243 e. The van der Waals surface area contributed by atoms with Crippen LogP contribution in [0.1, 0.15) is 39.2 Å². The molecule has 0 unspecified atom stereocenters. The molecule has 6 heteroatoms. The van der Waals surface area contributed by atoms with Gasteiger partial charge in [0.15, 0.2) is 0 Å². The molecule has 0 aliphatic heterocycles. The molecule has 1 aromatic heterocycles. The average Bonchev–Trinajstić information content (AvgIpc) is 2.95. The van der Waals surface area contributed by atoms with Crippen molar-refractivity contribution in [1.82, 2.24) is 25.5 Å². The van der Waals surface area contributed by atoms with Gasteiger partial charge in [-0.3, -0.25) is 4.79 Å². The van der Waals surface area contributed by atoms with Crippen LogP contribution in [0.5, 0.6) is 0 Å². The van der Waals surface area contributed by atoms with Gasteiger partial charge in [-0.15, -0.1) is 10.2 Å². The highest BCUT2D eigenvalue weighted by Crippen LogP contribution is 2.14. The maximum Gasteiger partial charge on any atom is 0.243 e. The van der Waals surface area contributed by atoms with E-state index in [9.17, 15) is 4.79 Å². The fraction of sp³-hybridized carbons (Fsp3) is 0.500. The van der Waals surface area contributed by atoms with E-state index >= 15 is 0 Å². The molecule has 1 atom stereocenters. The molecule has 0 aliphatic carbocycles. The summed E-state index contributed by atoms with van der Waals surface area (Å²) in [5.41, 5.74) is 2.17. The lowest BCUT2D eigenvalue weighted by Crippen LogP contribution is -2.35. The number of rotatable bonds is 7. The van der Waals surface area contributed by atoms with E-state index < -0.39 is 0 Å². The van der Waals surface area contributed by atoms with Gasteiger partial charge in [0.25, 0.3) is 0 Å². The molecule has 2 aromatic rings.